The topological polar surface area (TPSA) is 21.3 Å². The average Bonchev–Trinajstić information content (AvgIpc) is 2.74. The van der Waals surface area contributed by atoms with Crippen LogP contribution in [0.1, 0.15) is 38.8 Å². The van der Waals surface area contributed by atoms with Gasteiger partial charge in [-0.05, 0) is 40.5 Å². The molecule has 19 heavy (non-hydrogen) atoms. The highest BCUT2D eigenvalue weighted by atomic mass is 16.5. The molecule has 3 rings (SSSR count). The highest BCUT2D eigenvalue weighted by molar-refractivity contribution is 5.39. The van der Waals surface area contributed by atoms with E-state index in [0.717, 1.165) is 37.8 Å². The average molecular weight is 259 g/mol. The van der Waals surface area contributed by atoms with E-state index in [-0.39, 0.29) is 0 Å². The van der Waals surface area contributed by atoms with Crippen molar-refractivity contribution in [2.45, 2.75) is 40.7 Å². The highest BCUT2D eigenvalue weighted by Gasteiger charge is 2.63. The van der Waals surface area contributed by atoms with Crippen molar-refractivity contribution in [3.63, 3.8) is 0 Å². The maximum absolute atomic E-state index is 5.54. The van der Waals surface area contributed by atoms with E-state index in [2.05, 4.69) is 51.2 Å². The van der Waals surface area contributed by atoms with Gasteiger partial charge in [-0.3, -0.25) is 0 Å². The molecule has 1 aromatic carbocycles. The van der Waals surface area contributed by atoms with Crippen LogP contribution in [0.15, 0.2) is 18.2 Å². The summed E-state index contributed by atoms with van der Waals surface area (Å²) < 4.78 is 5.54. The van der Waals surface area contributed by atoms with Gasteiger partial charge in [-0.2, -0.15) is 0 Å². The van der Waals surface area contributed by atoms with E-state index in [9.17, 15) is 0 Å². The van der Waals surface area contributed by atoms with Gasteiger partial charge in [-0.1, -0.05) is 39.8 Å². The molecule has 0 aromatic heterocycles. The summed E-state index contributed by atoms with van der Waals surface area (Å²) in [6.07, 6.45) is 1.06. The fourth-order valence-electron chi connectivity index (χ4n) is 3.55. The summed E-state index contributed by atoms with van der Waals surface area (Å²) in [5.74, 6) is 1.87. The van der Waals surface area contributed by atoms with Gasteiger partial charge in [-0.15, -0.1) is 0 Å². The molecule has 2 heteroatoms. The highest BCUT2D eigenvalue weighted by Crippen LogP contribution is 2.67. The monoisotopic (exact) mass is 259 g/mol. The number of benzene rings is 1. The Morgan fingerprint density at radius 1 is 1.21 bits per heavy atom. The number of nitrogens with one attached hydrogen (secondary N) is 1. The molecule has 1 fully saturated rings. The van der Waals surface area contributed by atoms with E-state index in [1.54, 1.807) is 0 Å². The van der Waals surface area contributed by atoms with E-state index >= 15 is 0 Å². The standard InChI is InChI=1S/C17H25NO/c1-16(2)15(17(16,3)4)11-18-10-12-5-6-14-13(9-12)7-8-19-14/h5-6,9,15,18H,7-8,10-11H2,1-4H3. The molecule has 1 heterocycles. The molecule has 2 nitrogen and oxygen atoms in total. The first-order valence-electron chi connectivity index (χ1n) is 7.38. The number of ether oxygens (including phenoxy) is 1. The van der Waals surface area contributed by atoms with E-state index in [4.69, 9.17) is 4.74 Å². The first-order chi connectivity index (χ1) is 8.93. The zero-order chi connectivity index (χ0) is 13.7. The minimum Gasteiger partial charge on any atom is -0.493 e. The number of hydrogen-bond acceptors (Lipinski definition) is 2. The zero-order valence-electron chi connectivity index (χ0n) is 12.5. The van der Waals surface area contributed by atoms with Crippen molar-refractivity contribution >= 4 is 0 Å². The van der Waals surface area contributed by atoms with Crippen LogP contribution in [-0.4, -0.2) is 13.2 Å². The molecular formula is C17H25NO. The molecule has 0 bridgehead atoms. The van der Waals surface area contributed by atoms with Gasteiger partial charge in [0.2, 0.25) is 0 Å². The molecule has 104 valence electrons. The Morgan fingerprint density at radius 3 is 2.63 bits per heavy atom. The second-order valence-corrected chi connectivity index (χ2v) is 7.17. The minimum atomic E-state index is 0.478. The summed E-state index contributed by atoms with van der Waals surface area (Å²) in [7, 11) is 0. The molecule has 0 saturated heterocycles. The van der Waals surface area contributed by atoms with Crippen LogP contribution < -0.4 is 10.1 Å². The maximum Gasteiger partial charge on any atom is 0.122 e. The van der Waals surface area contributed by atoms with Crippen LogP contribution in [0.3, 0.4) is 0 Å². The third-order valence-electron chi connectivity index (χ3n) is 5.75. The first kappa shape index (κ1) is 13.0. The van der Waals surface area contributed by atoms with Crippen molar-refractivity contribution in [1.29, 1.82) is 0 Å². The lowest BCUT2D eigenvalue weighted by molar-refractivity contribution is 0.357. The van der Waals surface area contributed by atoms with Crippen molar-refractivity contribution in [3.05, 3.63) is 29.3 Å². The zero-order valence-corrected chi connectivity index (χ0v) is 12.5. The summed E-state index contributed by atoms with van der Waals surface area (Å²) in [6, 6.07) is 6.59. The molecule has 1 saturated carbocycles. The molecule has 0 unspecified atom stereocenters. The SMILES string of the molecule is CC1(C)C(CNCc2ccc3c(c2)CCO3)C1(C)C. The Bertz CT molecular complexity index is 476. The number of rotatable bonds is 4. The van der Waals surface area contributed by atoms with Crippen LogP contribution in [0.5, 0.6) is 5.75 Å². The van der Waals surface area contributed by atoms with Gasteiger partial charge in [0.15, 0.2) is 0 Å². The molecule has 1 aliphatic carbocycles. The molecule has 0 spiro atoms. The fraction of sp³-hybridized carbons (Fsp3) is 0.647. The Morgan fingerprint density at radius 2 is 1.95 bits per heavy atom. The molecular weight excluding hydrogens is 234 g/mol. The molecule has 1 aromatic rings. The Hall–Kier alpha value is -1.02. The summed E-state index contributed by atoms with van der Waals surface area (Å²) in [5.41, 5.74) is 3.70. The predicted molar refractivity (Wildman–Crippen MR) is 78.4 cm³/mol. The van der Waals surface area contributed by atoms with Gasteiger partial charge in [-0.25, -0.2) is 0 Å². The van der Waals surface area contributed by atoms with E-state index in [1.165, 1.54) is 11.1 Å². The van der Waals surface area contributed by atoms with Crippen molar-refractivity contribution in [2.24, 2.45) is 16.7 Å². The van der Waals surface area contributed by atoms with Crippen LogP contribution >= 0.6 is 0 Å². The van der Waals surface area contributed by atoms with Crippen LogP contribution in [-0.2, 0) is 13.0 Å². The summed E-state index contributed by atoms with van der Waals surface area (Å²) in [5, 5.41) is 3.63. The van der Waals surface area contributed by atoms with Gasteiger partial charge in [0.05, 0.1) is 6.61 Å². The van der Waals surface area contributed by atoms with Gasteiger partial charge in [0, 0.05) is 13.0 Å². The number of hydrogen-bond donors (Lipinski definition) is 1. The van der Waals surface area contributed by atoms with Crippen molar-refractivity contribution in [1.82, 2.24) is 5.32 Å². The van der Waals surface area contributed by atoms with Crippen LogP contribution in [0.2, 0.25) is 0 Å². The number of fused-ring (bicyclic) bond motifs is 1. The van der Waals surface area contributed by atoms with Crippen LogP contribution in [0, 0.1) is 16.7 Å². The summed E-state index contributed by atoms with van der Waals surface area (Å²) in [4.78, 5) is 0. The minimum absolute atomic E-state index is 0.478. The van der Waals surface area contributed by atoms with Crippen molar-refractivity contribution < 1.29 is 4.74 Å². The first-order valence-corrected chi connectivity index (χ1v) is 7.38. The molecule has 1 aliphatic heterocycles. The van der Waals surface area contributed by atoms with E-state index in [1.807, 2.05) is 0 Å². The lowest BCUT2D eigenvalue weighted by atomic mass is 10.0. The quantitative estimate of drug-likeness (QED) is 0.895. The Kier molecular flexibility index (Phi) is 2.90. The normalized spacial score (nSPS) is 22.9. The lowest BCUT2D eigenvalue weighted by Crippen LogP contribution is -2.18. The second kappa shape index (κ2) is 4.24. The molecule has 0 atom stereocenters. The molecule has 0 radical (unpaired) electrons. The summed E-state index contributed by atoms with van der Waals surface area (Å²) in [6.45, 7) is 12.5. The van der Waals surface area contributed by atoms with Gasteiger partial charge < -0.3 is 10.1 Å². The second-order valence-electron chi connectivity index (χ2n) is 7.17. The van der Waals surface area contributed by atoms with Crippen molar-refractivity contribution in [2.75, 3.05) is 13.2 Å². The van der Waals surface area contributed by atoms with E-state index in [0.29, 0.717) is 10.8 Å². The fourth-order valence-corrected chi connectivity index (χ4v) is 3.55. The van der Waals surface area contributed by atoms with Gasteiger partial charge in [0.1, 0.15) is 5.75 Å². The Labute approximate surface area is 116 Å². The summed E-state index contributed by atoms with van der Waals surface area (Å²) >= 11 is 0. The van der Waals surface area contributed by atoms with Crippen LogP contribution in [0.25, 0.3) is 0 Å². The molecule has 0 amide bonds. The maximum atomic E-state index is 5.54. The van der Waals surface area contributed by atoms with E-state index < -0.39 is 0 Å². The molecule has 1 N–H and O–H groups in total. The van der Waals surface area contributed by atoms with Gasteiger partial charge in [0.25, 0.3) is 0 Å². The largest absolute Gasteiger partial charge is 0.493 e. The third kappa shape index (κ3) is 2.06. The van der Waals surface area contributed by atoms with Gasteiger partial charge >= 0.3 is 0 Å². The van der Waals surface area contributed by atoms with Crippen LogP contribution in [0.4, 0.5) is 0 Å². The third-order valence-corrected chi connectivity index (χ3v) is 5.75. The Balaban J connectivity index is 1.54. The predicted octanol–water partition coefficient (Wildman–Crippen LogP) is 3.39. The smallest absolute Gasteiger partial charge is 0.122 e. The van der Waals surface area contributed by atoms with Crippen molar-refractivity contribution in [3.8, 4) is 5.75 Å². The lowest BCUT2D eigenvalue weighted by Gasteiger charge is -2.07. The molecule has 2 aliphatic rings.